The minimum atomic E-state index is -0.316. The van der Waals surface area contributed by atoms with Crippen LogP contribution < -0.4 is 10.6 Å². The van der Waals surface area contributed by atoms with Crippen molar-refractivity contribution in [1.29, 1.82) is 0 Å². The molecule has 0 spiro atoms. The Morgan fingerprint density at radius 3 is 2.47 bits per heavy atom. The molecule has 0 saturated carbocycles. The molecular weight excluding hydrogens is 400 g/mol. The maximum absolute atomic E-state index is 13.2. The molecule has 2 heterocycles. The van der Waals surface area contributed by atoms with Gasteiger partial charge in [0.2, 0.25) is 0 Å². The van der Waals surface area contributed by atoms with Gasteiger partial charge in [-0.2, -0.15) is 0 Å². The number of pyridine rings is 1. The average molecular weight is 425 g/mol. The van der Waals surface area contributed by atoms with Gasteiger partial charge in [-0.25, -0.2) is 0 Å². The Morgan fingerprint density at radius 1 is 0.906 bits per heavy atom. The average Bonchev–Trinajstić information content (AvgIpc) is 3.20. The molecule has 0 unspecified atom stereocenters. The highest BCUT2D eigenvalue weighted by molar-refractivity contribution is 6.08. The Bertz CT molecular complexity index is 1220. The zero-order valence-corrected chi connectivity index (χ0v) is 17.8. The van der Waals surface area contributed by atoms with Crippen LogP contribution in [0.3, 0.4) is 0 Å². The van der Waals surface area contributed by atoms with Crippen LogP contribution in [0.1, 0.15) is 37.5 Å². The van der Waals surface area contributed by atoms with Gasteiger partial charge in [-0.15, -0.1) is 0 Å². The molecule has 2 N–H and O–H groups in total. The van der Waals surface area contributed by atoms with Crippen molar-refractivity contribution < 1.29 is 9.59 Å². The monoisotopic (exact) mass is 424 g/mol. The lowest BCUT2D eigenvalue weighted by Crippen LogP contribution is -2.27. The van der Waals surface area contributed by atoms with Crippen LogP contribution in [0.4, 0.5) is 5.69 Å². The van der Waals surface area contributed by atoms with E-state index in [2.05, 4.69) is 21.7 Å². The number of nitrogens with one attached hydrogen (secondary N) is 2. The number of benzene rings is 2. The van der Waals surface area contributed by atoms with Gasteiger partial charge in [-0.3, -0.25) is 14.6 Å². The standard InChI is InChI=1S/C26H24N4O2/c1-19-7-5-10-21(15-19)18-30-14-12-23(29-25(31)22-11-6-13-27-17-22)24(30)26(32)28-16-20-8-3-2-4-9-20/h2-15,17H,16,18H2,1H3,(H,28,32)(H,29,31). The Kier molecular flexibility index (Phi) is 6.41. The lowest BCUT2D eigenvalue weighted by Gasteiger charge is -2.13. The van der Waals surface area contributed by atoms with Crippen molar-refractivity contribution in [3.05, 3.63) is 119 Å². The summed E-state index contributed by atoms with van der Waals surface area (Å²) in [6, 6.07) is 23.0. The third-order valence-electron chi connectivity index (χ3n) is 5.08. The Balaban J connectivity index is 1.61. The fraction of sp³-hybridized carbons (Fsp3) is 0.115. The molecule has 0 fully saturated rings. The van der Waals surface area contributed by atoms with E-state index in [0.717, 1.165) is 16.7 Å². The number of hydrogen-bond donors (Lipinski definition) is 2. The predicted molar refractivity (Wildman–Crippen MR) is 125 cm³/mol. The Hall–Kier alpha value is -4.19. The molecule has 0 bridgehead atoms. The van der Waals surface area contributed by atoms with Crippen LogP contribution in [0.2, 0.25) is 0 Å². The summed E-state index contributed by atoms with van der Waals surface area (Å²) in [4.78, 5) is 29.9. The maximum atomic E-state index is 13.2. The predicted octanol–water partition coefficient (Wildman–Crippen LogP) is 4.42. The SMILES string of the molecule is Cc1cccc(Cn2ccc(NC(=O)c3cccnc3)c2C(=O)NCc2ccccc2)c1. The van der Waals surface area contributed by atoms with Crippen LogP contribution in [0.5, 0.6) is 0 Å². The number of amides is 2. The van der Waals surface area contributed by atoms with Crippen LogP contribution >= 0.6 is 0 Å². The third-order valence-corrected chi connectivity index (χ3v) is 5.08. The summed E-state index contributed by atoms with van der Waals surface area (Å²) >= 11 is 0. The van der Waals surface area contributed by atoms with Gasteiger partial charge in [0.05, 0.1) is 11.3 Å². The van der Waals surface area contributed by atoms with Crippen molar-refractivity contribution in [3.8, 4) is 0 Å². The van der Waals surface area contributed by atoms with E-state index in [-0.39, 0.29) is 11.8 Å². The number of carbonyl (C=O) groups is 2. The quantitative estimate of drug-likeness (QED) is 0.461. The molecule has 0 aliphatic carbocycles. The first kappa shape index (κ1) is 21.1. The van der Waals surface area contributed by atoms with Crippen LogP contribution in [0.15, 0.2) is 91.4 Å². The summed E-state index contributed by atoms with van der Waals surface area (Å²) in [6.07, 6.45) is 4.92. The summed E-state index contributed by atoms with van der Waals surface area (Å²) in [5.74, 6) is -0.573. The van der Waals surface area contributed by atoms with Gasteiger partial charge in [0.15, 0.2) is 0 Å². The molecule has 160 valence electrons. The van der Waals surface area contributed by atoms with E-state index in [1.807, 2.05) is 66.2 Å². The normalized spacial score (nSPS) is 10.5. The molecule has 2 aromatic heterocycles. The fourth-order valence-electron chi connectivity index (χ4n) is 3.52. The van der Waals surface area contributed by atoms with E-state index in [1.54, 1.807) is 24.4 Å². The smallest absolute Gasteiger partial charge is 0.270 e. The van der Waals surface area contributed by atoms with Crippen molar-refractivity contribution in [2.45, 2.75) is 20.0 Å². The lowest BCUT2D eigenvalue weighted by molar-refractivity contribution is 0.0943. The highest BCUT2D eigenvalue weighted by Crippen LogP contribution is 2.21. The molecule has 0 aliphatic heterocycles. The molecular formula is C26H24N4O2. The zero-order valence-electron chi connectivity index (χ0n) is 17.8. The molecule has 32 heavy (non-hydrogen) atoms. The van der Waals surface area contributed by atoms with Crippen LogP contribution in [-0.2, 0) is 13.1 Å². The second kappa shape index (κ2) is 9.75. The first-order valence-electron chi connectivity index (χ1n) is 10.4. The largest absolute Gasteiger partial charge is 0.347 e. The number of hydrogen-bond acceptors (Lipinski definition) is 3. The van der Waals surface area contributed by atoms with Gasteiger partial charge in [-0.05, 0) is 36.2 Å². The molecule has 2 aromatic carbocycles. The van der Waals surface area contributed by atoms with E-state index < -0.39 is 0 Å². The molecule has 6 heteroatoms. The van der Waals surface area contributed by atoms with Gasteiger partial charge >= 0.3 is 0 Å². The van der Waals surface area contributed by atoms with E-state index in [0.29, 0.717) is 30.0 Å². The van der Waals surface area contributed by atoms with Crippen LogP contribution in [-0.4, -0.2) is 21.4 Å². The van der Waals surface area contributed by atoms with Crippen molar-refractivity contribution >= 4 is 17.5 Å². The summed E-state index contributed by atoms with van der Waals surface area (Å²) in [5.41, 5.74) is 4.50. The van der Waals surface area contributed by atoms with E-state index in [4.69, 9.17) is 0 Å². The minimum Gasteiger partial charge on any atom is -0.347 e. The molecule has 2 amide bonds. The van der Waals surface area contributed by atoms with Crippen molar-refractivity contribution in [2.75, 3.05) is 5.32 Å². The van der Waals surface area contributed by atoms with Gasteiger partial charge < -0.3 is 15.2 Å². The van der Waals surface area contributed by atoms with E-state index in [9.17, 15) is 9.59 Å². The first-order valence-corrected chi connectivity index (χ1v) is 10.4. The Morgan fingerprint density at radius 2 is 1.72 bits per heavy atom. The molecule has 0 saturated heterocycles. The maximum Gasteiger partial charge on any atom is 0.270 e. The first-order chi connectivity index (χ1) is 15.6. The molecule has 4 rings (SSSR count). The highest BCUT2D eigenvalue weighted by Gasteiger charge is 2.20. The number of anilines is 1. The number of aryl methyl sites for hydroxylation is 1. The number of rotatable bonds is 7. The number of carbonyl (C=O) groups excluding carboxylic acids is 2. The summed E-state index contributed by atoms with van der Waals surface area (Å²) < 4.78 is 1.86. The summed E-state index contributed by atoms with van der Waals surface area (Å²) in [7, 11) is 0. The fourth-order valence-corrected chi connectivity index (χ4v) is 3.52. The van der Waals surface area contributed by atoms with Crippen molar-refractivity contribution in [1.82, 2.24) is 14.9 Å². The van der Waals surface area contributed by atoms with Crippen LogP contribution in [0.25, 0.3) is 0 Å². The molecule has 4 aromatic rings. The third kappa shape index (κ3) is 5.10. The zero-order chi connectivity index (χ0) is 22.3. The molecule has 6 nitrogen and oxygen atoms in total. The van der Waals surface area contributed by atoms with Gasteiger partial charge in [0.25, 0.3) is 11.8 Å². The molecule has 0 atom stereocenters. The lowest BCUT2D eigenvalue weighted by atomic mass is 10.1. The van der Waals surface area contributed by atoms with Crippen LogP contribution in [0, 0.1) is 6.92 Å². The summed E-state index contributed by atoms with van der Waals surface area (Å²) in [5, 5.41) is 5.83. The highest BCUT2D eigenvalue weighted by atomic mass is 16.2. The van der Waals surface area contributed by atoms with Crippen molar-refractivity contribution in [3.63, 3.8) is 0 Å². The van der Waals surface area contributed by atoms with E-state index >= 15 is 0 Å². The molecule has 0 radical (unpaired) electrons. The summed E-state index contributed by atoms with van der Waals surface area (Å²) in [6.45, 7) is 2.94. The second-order valence-electron chi connectivity index (χ2n) is 7.56. The topological polar surface area (TPSA) is 76.0 Å². The minimum absolute atomic E-state index is 0.256. The van der Waals surface area contributed by atoms with Gasteiger partial charge in [0, 0.05) is 31.7 Å². The van der Waals surface area contributed by atoms with E-state index in [1.165, 1.54) is 6.20 Å². The van der Waals surface area contributed by atoms with Gasteiger partial charge in [-0.1, -0.05) is 60.2 Å². The number of nitrogens with zero attached hydrogens (tertiary/aromatic N) is 2. The number of aromatic nitrogens is 2. The van der Waals surface area contributed by atoms with Gasteiger partial charge in [0.1, 0.15) is 5.69 Å². The molecule has 0 aliphatic rings. The van der Waals surface area contributed by atoms with Crippen molar-refractivity contribution in [2.24, 2.45) is 0 Å². The second-order valence-corrected chi connectivity index (χ2v) is 7.56. The Labute approximate surface area is 186 Å².